The zero-order valence-electron chi connectivity index (χ0n) is 14.7. The van der Waals surface area contributed by atoms with Crippen molar-refractivity contribution in [1.29, 1.82) is 0 Å². The van der Waals surface area contributed by atoms with Gasteiger partial charge in [-0.25, -0.2) is 0 Å². The number of methoxy groups -OCH3 is 1. The van der Waals surface area contributed by atoms with Crippen LogP contribution < -0.4 is 14.5 Å². The first-order valence-electron chi connectivity index (χ1n) is 8.55. The van der Waals surface area contributed by atoms with E-state index >= 15 is 0 Å². The summed E-state index contributed by atoms with van der Waals surface area (Å²) in [7, 11) is 1.74. The Hall–Kier alpha value is -1.71. The van der Waals surface area contributed by atoms with E-state index < -0.39 is 0 Å². The molecule has 1 saturated heterocycles. The van der Waals surface area contributed by atoms with Gasteiger partial charge in [0.25, 0.3) is 0 Å². The van der Waals surface area contributed by atoms with Crippen molar-refractivity contribution in [3.63, 3.8) is 0 Å². The molecule has 0 radical (unpaired) electrons. The third-order valence-electron chi connectivity index (χ3n) is 4.94. The number of nitrogens with zero attached hydrogens (tertiary/aromatic N) is 1. The van der Waals surface area contributed by atoms with Crippen LogP contribution in [0.3, 0.4) is 0 Å². The van der Waals surface area contributed by atoms with Crippen molar-refractivity contribution in [2.75, 3.05) is 38.2 Å². The number of halogens is 1. The molecular weight excluding hydrogens is 320 g/mol. The van der Waals surface area contributed by atoms with Gasteiger partial charge in [-0.3, -0.25) is 0 Å². The second kappa shape index (κ2) is 7.45. The lowest BCUT2D eigenvalue weighted by Gasteiger charge is -2.34. The minimum atomic E-state index is 0.812. The van der Waals surface area contributed by atoms with E-state index in [0.29, 0.717) is 0 Å². The van der Waals surface area contributed by atoms with Gasteiger partial charge in [0.15, 0.2) is 0 Å². The van der Waals surface area contributed by atoms with Crippen molar-refractivity contribution in [2.45, 2.75) is 20.4 Å². The number of hydrogen-bond acceptors (Lipinski definition) is 2. The van der Waals surface area contributed by atoms with Crippen molar-refractivity contribution >= 4 is 17.3 Å². The number of hydrogen-bond donors (Lipinski definition) is 1. The smallest absolute Gasteiger partial charge is 0.122 e. The maximum atomic E-state index is 6.11. The first-order chi connectivity index (χ1) is 11.6. The molecule has 1 heterocycles. The Morgan fingerprint density at radius 3 is 2.50 bits per heavy atom. The highest BCUT2D eigenvalue weighted by Crippen LogP contribution is 2.22. The minimum absolute atomic E-state index is 0.812. The number of anilines is 1. The summed E-state index contributed by atoms with van der Waals surface area (Å²) in [6, 6.07) is 12.6. The summed E-state index contributed by atoms with van der Waals surface area (Å²) in [5, 5.41) is 0.812. The van der Waals surface area contributed by atoms with Crippen LogP contribution in [0.25, 0.3) is 0 Å². The summed E-state index contributed by atoms with van der Waals surface area (Å²) in [5.74, 6) is 0.983. The largest absolute Gasteiger partial charge is 0.496 e. The Labute approximate surface area is 149 Å². The van der Waals surface area contributed by atoms with Gasteiger partial charge in [-0.1, -0.05) is 17.7 Å². The van der Waals surface area contributed by atoms with E-state index in [1.807, 2.05) is 12.1 Å². The van der Waals surface area contributed by atoms with Crippen molar-refractivity contribution in [1.82, 2.24) is 0 Å². The average molecular weight is 346 g/mol. The number of aryl methyl sites for hydroxylation is 2. The Balaban J connectivity index is 1.62. The molecule has 128 valence electrons. The van der Waals surface area contributed by atoms with Gasteiger partial charge in [-0.15, -0.1) is 0 Å². The van der Waals surface area contributed by atoms with Crippen LogP contribution in [0.1, 0.15) is 16.7 Å². The van der Waals surface area contributed by atoms with E-state index in [9.17, 15) is 0 Å². The first-order valence-corrected chi connectivity index (χ1v) is 8.93. The van der Waals surface area contributed by atoms with Crippen LogP contribution in [0.5, 0.6) is 5.75 Å². The van der Waals surface area contributed by atoms with Crippen molar-refractivity contribution in [3.8, 4) is 5.75 Å². The Morgan fingerprint density at radius 2 is 1.83 bits per heavy atom. The number of piperazine rings is 1. The molecule has 0 saturated carbocycles. The van der Waals surface area contributed by atoms with Gasteiger partial charge in [0.2, 0.25) is 0 Å². The molecule has 1 aliphatic heterocycles. The molecular formula is C20H26ClN2O+. The molecule has 0 bridgehead atoms. The minimum Gasteiger partial charge on any atom is -0.496 e. The molecule has 0 aliphatic carbocycles. The molecule has 3 nitrogen and oxygen atoms in total. The highest BCUT2D eigenvalue weighted by Gasteiger charge is 2.21. The van der Waals surface area contributed by atoms with Gasteiger partial charge in [-0.2, -0.15) is 0 Å². The van der Waals surface area contributed by atoms with Crippen LogP contribution in [-0.4, -0.2) is 33.3 Å². The predicted octanol–water partition coefficient (Wildman–Crippen LogP) is 2.87. The Bertz CT molecular complexity index is 709. The molecule has 2 aromatic rings. The lowest BCUT2D eigenvalue weighted by Crippen LogP contribution is -3.13. The molecule has 0 unspecified atom stereocenters. The summed E-state index contributed by atoms with van der Waals surface area (Å²) in [4.78, 5) is 4.07. The maximum absolute atomic E-state index is 6.11. The lowest BCUT2D eigenvalue weighted by molar-refractivity contribution is -0.914. The molecule has 1 fully saturated rings. The molecule has 0 aromatic heterocycles. The fraction of sp³-hybridized carbons (Fsp3) is 0.400. The van der Waals surface area contributed by atoms with Crippen molar-refractivity contribution in [2.24, 2.45) is 0 Å². The van der Waals surface area contributed by atoms with E-state index in [2.05, 4.69) is 43.0 Å². The first kappa shape index (κ1) is 17.1. The van der Waals surface area contributed by atoms with Crippen molar-refractivity contribution < 1.29 is 9.64 Å². The van der Waals surface area contributed by atoms with Crippen LogP contribution >= 0.6 is 11.6 Å². The quantitative estimate of drug-likeness (QED) is 0.917. The normalized spacial score (nSPS) is 15.6. The van der Waals surface area contributed by atoms with Gasteiger partial charge in [0.1, 0.15) is 12.3 Å². The molecule has 0 amide bonds. The van der Waals surface area contributed by atoms with Gasteiger partial charge >= 0.3 is 0 Å². The molecule has 1 N–H and O–H groups in total. The van der Waals surface area contributed by atoms with E-state index in [1.165, 1.54) is 22.4 Å². The number of nitrogens with one attached hydrogen (secondary N) is 1. The molecule has 0 atom stereocenters. The highest BCUT2D eigenvalue weighted by atomic mass is 35.5. The van der Waals surface area contributed by atoms with Crippen molar-refractivity contribution in [3.05, 3.63) is 58.1 Å². The van der Waals surface area contributed by atoms with Crippen LogP contribution in [0.4, 0.5) is 5.69 Å². The van der Waals surface area contributed by atoms with Gasteiger partial charge in [0.05, 0.1) is 33.3 Å². The number of quaternary nitrogens is 1. The Kier molecular flexibility index (Phi) is 5.32. The second-order valence-corrected chi connectivity index (χ2v) is 7.08. The predicted molar refractivity (Wildman–Crippen MR) is 101 cm³/mol. The molecule has 3 rings (SSSR count). The standard InChI is InChI=1S/C20H25ClN2O/c1-15-12-20(24-3)16(2)11-17(15)14-22-7-9-23(10-8-22)19-6-4-5-18(21)13-19/h4-6,11-13H,7-10,14H2,1-3H3/p+1. The van der Waals surface area contributed by atoms with Crippen LogP contribution in [-0.2, 0) is 6.54 Å². The van der Waals surface area contributed by atoms with Crippen LogP contribution in [0.2, 0.25) is 5.02 Å². The highest BCUT2D eigenvalue weighted by molar-refractivity contribution is 6.30. The van der Waals surface area contributed by atoms with Gasteiger partial charge < -0.3 is 14.5 Å². The van der Waals surface area contributed by atoms with E-state index in [1.54, 1.807) is 12.0 Å². The summed E-state index contributed by atoms with van der Waals surface area (Å²) in [6.45, 7) is 9.83. The van der Waals surface area contributed by atoms with E-state index in [0.717, 1.165) is 43.5 Å². The van der Waals surface area contributed by atoms with Gasteiger partial charge in [-0.05, 0) is 55.3 Å². The second-order valence-electron chi connectivity index (χ2n) is 6.64. The van der Waals surface area contributed by atoms with Gasteiger partial charge in [0, 0.05) is 16.3 Å². The number of rotatable bonds is 4. The average Bonchev–Trinajstić information content (AvgIpc) is 2.58. The SMILES string of the molecule is COc1cc(C)c(C[NH+]2CCN(c3cccc(Cl)c3)CC2)cc1C. The summed E-state index contributed by atoms with van der Waals surface area (Å²) in [5.41, 5.74) is 5.20. The molecule has 24 heavy (non-hydrogen) atoms. The lowest BCUT2D eigenvalue weighted by atomic mass is 10.0. The molecule has 1 aliphatic rings. The third-order valence-corrected chi connectivity index (χ3v) is 5.17. The van der Waals surface area contributed by atoms with E-state index in [-0.39, 0.29) is 0 Å². The third kappa shape index (κ3) is 3.85. The van der Waals surface area contributed by atoms with Crippen LogP contribution in [0.15, 0.2) is 36.4 Å². The summed E-state index contributed by atoms with van der Waals surface area (Å²) >= 11 is 6.11. The van der Waals surface area contributed by atoms with Crippen LogP contribution in [0, 0.1) is 13.8 Å². The van der Waals surface area contributed by atoms with E-state index in [4.69, 9.17) is 16.3 Å². The molecule has 2 aromatic carbocycles. The summed E-state index contributed by atoms with van der Waals surface area (Å²) < 4.78 is 5.42. The molecule has 0 spiro atoms. The Morgan fingerprint density at radius 1 is 1.08 bits per heavy atom. The fourth-order valence-corrected chi connectivity index (χ4v) is 3.64. The fourth-order valence-electron chi connectivity index (χ4n) is 3.46. The number of ether oxygens (including phenoxy) is 1. The maximum Gasteiger partial charge on any atom is 0.122 e. The topological polar surface area (TPSA) is 16.9 Å². The molecule has 4 heteroatoms. The zero-order valence-corrected chi connectivity index (χ0v) is 15.5. The number of benzene rings is 2. The summed E-state index contributed by atoms with van der Waals surface area (Å²) in [6.07, 6.45) is 0. The zero-order chi connectivity index (χ0) is 17.1. The monoisotopic (exact) mass is 345 g/mol.